The van der Waals surface area contributed by atoms with Crippen LogP contribution in [0.25, 0.3) is 0 Å². The minimum Gasteiger partial charge on any atom is -0.353 e. The molecule has 0 aliphatic carbocycles. The van der Waals surface area contributed by atoms with Gasteiger partial charge in [0.25, 0.3) is 0 Å². The van der Waals surface area contributed by atoms with Crippen molar-refractivity contribution in [2.24, 2.45) is 5.41 Å². The van der Waals surface area contributed by atoms with Crippen molar-refractivity contribution in [2.45, 2.75) is 13.8 Å². The molecular weight excluding hydrogens is 366 g/mol. The summed E-state index contributed by atoms with van der Waals surface area (Å²) in [4.78, 5) is 33.5. The second-order valence-corrected chi connectivity index (χ2v) is 7.14. The Labute approximate surface area is 162 Å². The van der Waals surface area contributed by atoms with Crippen LogP contribution < -0.4 is 10.2 Å². The van der Waals surface area contributed by atoms with Gasteiger partial charge in [0.1, 0.15) is 28.6 Å². The third-order valence-electron chi connectivity index (χ3n) is 4.84. The summed E-state index contributed by atoms with van der Waals surface area (Å²) in [5.74, 6) is -2.08. The smallest absolute Gasteiger partial charge is 0.239 e. The number of carbonyl (C=O) groups is 2. The zero-order chi connectivity index (χ0) is 20.3. The van der Waals surface area contributed by atoms with Crippen LogP contribution in [0.2, 0.25) is 0 Å². The van der Waals surface area contributed by atoms with Crippen LogP contribution in [0, 0.1) is 17.0 Å². The van der Waals surface area contributed by atoms with Crippen molar-refractivity contribution in [1.82, 2.24) is 9.88 Å². The number of hydrogen-bond donors (Lipinski definition) is 1. The van der Waals surface area contributed by atoms with Gasteiger partial charge in [0, 0.05) is 32.4 Å². The van der Waals surface area contributed by atoms with Gasteiger partial charge >= 0.3 is 0 Å². The van der Waals surface area contributed by atoms with E-state index in [1.54, 1.807) is 11.1 Å². The van der Waals surface area contributed by atoms with Gasteiger partial charge in [-0.25, -0.2) is 13.8 Å². The number of carbonyl (C=O) groups excluding carboxylic acids is 2. The minimum atomic E-state index is -1.47. The van der Waals surface area contributed by atoms with Crippen LogP contribution in [0.15, 0.2) is 42.6 Å². The quantitative estimate of drug-likeness (QED) is 0.818. The molecule has 2 aromatic rings. The molecule has 0 unspecified atom stereocenters. The molecule has 6 nitrogen and oxygen atoms in total. The van der Waals surface area contributed by atoms with Gasteiger partial charge in [0.15, 0.2) is 0 Å². The second-order valence-electron chi connectivity index (χ2n) is 7.14. The molecule has 2 amide bonds. The Morgan fingerprint density at radius 3 is 2.21 bits per heavy atom. The fourth-order valence-corrected chi connectivity index (χ4v) is 3.06. The lowest BCUT2D eigenvalue weighted by Gasteiger charge is -2.38. The topological polar surface area (TPSA) is 65.5 Å². The summed E-state index contributed by atoms with van der Waals surface area (Å²) in [6.07, 6.45) is 1.71. The lowest BCUT2D eigenvalue weighted by molar-refractivity contribution is -0.146. The molecule has 1 aromatic carbocycles. The van der Waals surface area contributed by atoms with E-state index in [2.05, 4.69) is 15.2 Å². The summed E-state index contributed by atoms with van der Waals surface area (Å²) >= 11 is 0. The van der Waals surface area contributed by atoms with Gasteiger partial charge in [-0.05, 0) is 38.1 Å². The van der Waals surface area contributed by atoms with Gasteiger partial charge in [-0.1, -0.05) is 12.1 Å². The van der Waals surface area contributed by atoms with E-state index in [9.17, 15) is 18.4 Å². The van der Waals surface area contributed by atoms with E-state index in [0.717, 1.165) is 18.0 Å². The molecule has 0 bridgehead atoms. The average Bonchev–Trinajstić information content (AvgIpc) is 2.71. The number of amides is 2. The number of nitrogens with one attached hydrogen (secondary N) is 1. The molecule has 1 fully saturated rings. The molecule has 0 atom stereocenters. The fraction of sp³-hybridized carbons (Fsp3) is 0.350. The number of halogens is 2. The predicted molar refractivity (Wildman–Crippen MR) is 102 cm³/mol. The maximum atomic E-state index is 13.8. The highest BCUT2D eigenvalue weighted by Gasteiger charge is 2.40. The first-order valence-electron chi connectivity index (χ1n) is 9.01. The van der Waals surface area contributed by atoms with Gasteiger partial charge in [0.05, 0.1) is 0 Å². The first kappa shape index (κ1) is 19.7. The highest BCUT2D eigenvalue weighted by molar-refractivity contribution is 6.10. The number of aromatic nitrogens is 1. The lowest BCUT2D eigenvalue weighted by Crippen LogP contribution is -2.54. The molecule has 1 aromatic heterocycles. The van der Waals surface area contributed by atoms with Crippen LogP contribution in [-0.2, 0) is 9.59 Å². The number of benzene rings is 1. The van der Waals surface area contributed by atoms with E-state index in [4.69, 9.17) is 0 Å². The predicted octanol–water partition coefficient (Wildman–Crippen LogP) is 2.67. The van der Waals surface area contributed by atoms with Crippen molar-refractivity contribution in [1.29, 1.82) is 0 Å². The molecule has 0 spiro atoms. The largest absolute Gasteiger partial charge is 0.353 e. The van der Waals surface area contributed by atoms with Crippen molar-refractivity contribution >= 4 is 23.3 Å². The van der Waals surface area contributed by atoms with E-state index in [-0.39, 0.29) is 5.91 Å². The van der Waals surface area contributed by atoms with Crippen LogP contribution >= 0.6 is 0 Å². The average molecular weight is 388 g/mol. The molecular formula is C20H22F2N4O2. The number of anilines is 2. The Hall–Kier alpha value is -3.03. The molecule has 2 heterocycles. The number of piperazine rings is 1. The molecule has 148 valence electrons. The molecule has 1 saturated heterocycles. The minimum absolute atomic E-state index is 0.387. The monoisotopic (exact) mass is 388 g/mol. The van der Waals surface area contributed by atoms with E-state index >= 15 is 0 Å². The van der Waals surface area contributed by atoms with Gasteiger partial charge in [-0.15, -0.1) is 0 Å². The van der Waals surface area contributed by atoms with Gasteiger partial charge in [-0.2, -0.15) is 0 Å². The van der Waals surface area contributed by atoms with Crippen molar-refractivity contribution in [3.8, 4) is 0 Å². The molecule has 28 heavy (non-hydrogen) atoms. The highest BCUT2D eigenvalue weighted by atomic mass is 19.1. The van der Waals surface area contributed by atoms with Gasteiger partial charge in [-0.3, -0.25) is 9.59 Å². The van der Waals surface area contributed by atoms with Crippen molar-refractivity contribution in [3.05, 3.63) is 54.2 Å². The molecule has 3 rings (SSSR count). The van der Waals surface area contributed by atoms with Crippen LogP contribution in [0.4, 0.5) is 20.3 Å². The molecule has 0 radical (unpaired) electrons. The molecule has 0 saturated carbocycles. The van der Waals surface area contributed by atoms with Crippen molar-refractivity contribution in [3.63, 3.8) is 0 Å². The van der Waals surface area contributed by atoms with Crippen molar-refractivity contribution < 1.29 is 18.4 Å². The Balaban J connectivity index is 1.65. The number of rotatable bonds is 4. The normalized spacial score (nSPS) is 14.7. The third-order valence-corrected chi connectivity index (χ3v) is 4.84. The SMILES string of the molecule is CC(C)(C(=O)Nc1c(F)cccc1F)C(=O)N1CCN(c2ccccn2)CC1. The summed E-state index contributed by atoms with van der Waals surface area (Å²) in [6.45, 7) is 4.94. The Kier molecular flexibility index (Phi) is 5.58. The maximum absolute atomic E-state index is 13.8. The Bertz CT molecular complexity index is 846. The molecule has 1 aliphatic heterocycles. The van der Waals surface area contributed by atoms with E-state index < -0.39 is 28.6 Å². The van der Waals surface area contributed by atoms with Crippen LogP contribution in [0.3, 0.4) is 0 Å². The zero-order valence-corrected chi connectivity index (χ0v) is 15.8. The molecule has 1 aliphatic rings. The number of pyridine rings is 1. The third kappa shape index (κ3) is 3.95. The first-order chi connectivity index (χ1) is 13.3. The summed E-state index contributed by atoms with van der Waals surface area (Å²) < 4.78 is 27.6. The standard InChI is InChI=1S/C20H22F2N4O2/c1-20(2,18(27)24-17-14(21)6-5-7-15(17)22)19(28)26-12-10-25(11-13-26)16-8-3-4-9-23-16/h3-9H,10-13H2,1-2H3,(H,24,27). The highest BCUT2D eigenvalue weighted by Crippen LogP contribution is 2.26. The number of nitrogens with zero attached hydrogens (tertiary/aromatic N) is 3. The van der Waals surface area contributed by atoms with Gasteiger partial charge in [0.2, 0.25) is 11.8 Å². The van der Waals surface area contributed by atoms with Crippen LogP contribution in [0.1, 0.15) is 13.8 Å². The maximum Gasteiger partial charge on any atom is 0.239 e. The Morgan fingerprint density at radius 2 is 1.64 bits per heavy atom. The number of hydrogen-bond acceptors (Lipinski definition) is 4. The summed E-state index contributed by atoms with van der Waals surface area (Å²) in [6, 6.07) is 8.93. The molecule has 8 heteroatoms. The van der Waals surface area contributed by atoms with Crippen molar-refractivity contribution in [2.75, 3.05) is 36.4 Å². The van der Waals surface area contributed by atoms with E-state index in [1.807, 2.05) is 18.2 Å². The van der Waals surface area contributed by atoms with Crippen LogP contribution in [-0.4, -0.2) is 47.9 Å². The lowest BCUT2D eigenvalue weighted by atomic mass is 9.89. The van der Waals surface area contributed by atoms with Crippen LogP contribution in [0.5, 0.6) is 0 Å². The first-order valence-corrected chi connectivity index (χ1v) is 9.01. The van der Waals surface area contributed by atoms with Gasteiger partial charge < -0.3 is 15.1 Å². The molecule has 1 N–H and O–H groups in total. The van der Waals surface area contributed by atoms with E-state index in [0.29, 0.717) is 26.2 Å². The zero-order valence-electron chi connectivity index (χ0n) is 15.8. The summed E-state index contributed by atoms with van der Waals surface area (Å²) in [5.41, 5.74) is -2.02. The number of para-hydroxylation sites is 1. The summed E-state index contributed by atoms with van der Waals surface area (Å²) in [7, 11) is 0. The summed E-state index contributed by atoms with van der Waals surface area (Å²) in [5, 5.41) is 2.22. The van der Waals surface area contributed by atoms with E-state index in [1.165, 1.54) is 19.9 Å². The fourth-order valence-electron chi connectivity index (χ4n) is 3.06. The Morgan fingerprint density at radius 1 is 1.00 bits per heavy atom. The second kappa shape index (κ2) is 7.92.